The van der Waals surface area contributed by atoms with Crippen LogP contribution in [-0.2, 0) is 6.54 Å². The van der Waals surface area contributed by atoms with Gasteiger partial charge in [0.2, 0.25) is 0 Å². The highest BCUT2D eigenvalue weighted by Crippen LogP contribution is 2.25. The van der Waals surface area contributed by atoms with Crippen LogP contribution in [-0.4, -0.2) is 21.5 Å². The van der Waals surface area contributed by atoms with E-state index < -0.39 is 16.2 Å². The number of halogens is 1. The Labute approximate surface area is 126 Å². The zero-order chi connectivity index (χ0) is 15.6. The molecule has 0 saturated carbocycles. The van der Waals surface area contributed by atoms with Crippen LogP contribution in [0.5, 0.6) is 0 Å². The molecule has 0 aliphatic carbocycles. The molecule has 0 aliphatic heterocycles. The topological polar surface area (TPSA) is 110 Å². The van der Waals surface area contributed by atoms with E-state index in [4.69, 9.17) is 0 Å². The molecule has 2 rings (SSSR count). The van der Waals surface area contributed by atoms with Gasteiger partial charge in [0.05, 0.1) is 15.9 Å². The summed E-state index contributed by atoms with van der Waals surface area (Å²) in [4.78, 5) is 35.6. The van der Waals surface area contributed by atoms with Gasteiger partial charge in [-0.2, -0.15) is 0 Å². The summed E-state index contributed by atoms with van der Waals surface area (Å²) < 4.78 is 1.47. The van der Waals surface area contributed by atoms with Gasteiger partial charge in [0.1, 0.15) is 5.69 Å². The lowest BCUT2D eigenvalue weighted by Crippen LogP contribution is -2.30. The minimum atomic E-state index is -0.580. The smallest absolute Gasteiger partial charge is 0.328 e. The molecular weight excluding hydrogens is 344 g/mol. The molecule has 8 nitrogen and oxygen atoms in total. The van der Waals surface area contributed by atoms with E-state index in [1.54, 1.807) is 19.2 Å². The maximum atomic E-state index is 11.7. The van der Waals surface area contributed by atoms with Gasteiger partial charge >= 0.3 is 5.69 Å². The number of aromatic amines is 1. The van der Waals surface area contributed by atoms with Crippen molar-refractivity contribution in [3.05, 3.63) is 65.4 Å². The van der Waals surface area contributed by atoms with E-state index in [1.807, 2.05) is 0 Å². The number of benzene rings is 1. The Balaban J connectivity index is 2.43. The fourth-order valence-corrected chi connectivity index (χ4v) is 2.18. The minimum absolute atomic E-state index is 0.0773. The SMILES string of the molecule is CNc1ccc(Cn2cc(Br)c(=O)[nH]c2=O)cc1[N+](=O)[O-]. The summed E-state index contributed by atoms with van der Waals surface area (Å²) in [5.74, 6) is 0. The van der Waals surface area contributed by atoms with Gasteiger partial charge in [-0.25, -0.2) is 4.79 Å². The van der Waals surface area contributed by atoms with Crippen molar-refractivity contribution in [3.63, 3.8) is 0 Å². The van der Waals surface area contributed by atoms with Crippen LogP contribution in [0.15, 0.2) is 38.5 Å². The van der Waals surface area contributed by atoms with E-state index in [0.29, 0.717) is 11.3 Å². The van der Waals surface area contributed by atoms with Crippen LogP contribution >= 0.6 is 15.9 Å². The van der Waals surface area contributed by atoms with Crippen LogP contribution in [0.2, 0.25) is 0 Å². The van der Waals surface area contributed by atoms with Gasteiger partial charge in [0.25, 0.3) is 11.2 Å². The van der Waals surface area contributed by atoms with Crippen LogP contribution in [0.1, 0.15) is 5.56 Å². The van der Waals surface area contributed by atoms with Crippen molar-refractivity contribution in [2.45, 2.75) is 6.54 Å². The summed E-state index contributed by atoms with van der Waals surface area (Å²) in [6.45, 7) is 0.110. The highest BCUT2D eigenvalue weighted by atomic mass is 79.9. The van der Waals surface area contributed by atoms with E-state index in [0.717, 1.165) is 0 Å². The first-order valence-electron chi connectivity index (χ1n) is 5.86. The number of anilines is 1. The zero-order valence-electron chi connectivity index (χ0n) is 10.9. The number of hydrogen-bond donors (Lipinski definition) is 2. The normalized spacial score (nSPS) is 10.4. The number of nitrogens with one attached hydrogen (secondary N) is 2. The maximum absolute atomic E-state index is 11.7. The number of rotatable bonds is 4. The number of nitro groups is 1. The third-order valence-electron chi connectivity index (χ3n) is 2.85. The van der Waals surface area contributed by atoms with Gasteiger partial charge in [-0.15, -0.1) is 0 Å². The van der Waals surface area contributed by atoms with Crippen molar-refractivity contribution >= 4 is 27.3 Å². The van der Waals surface area contributed by atoms with Crippen molar-refractivity contribution < 1.29 is 4.92 Å². The first-order chi connectivity index (χ1) is 9.92. The van der Waals surface area contributed by atoms with E-state index >= 15 is 0 Å². The highest BCUT2D eigenvalue weighted by molar-refractivity contribution is 9.10. The van der Waals surface area contributed by atoms with E-state index in [1.165, 1.54) is 16.8 Å². The van der Waals surface area contributed by atoms with E-state index in [-0.39, 0.29) is 16.7 Å². The Hall–Kier alpha value is -2.42. The monoisotopic (exact) mass is 354 g/mol. The Bertz CT molecular complexity index is 812. The molecule has 0 bridgehead atoms. The van der Waals surface area contributed by atoms with Crippen LogP contribution in [0.25, 0.3) is 0 Å². The maximum Gasteiger partial charge on any atom is 0.328 e. The van der Waals surface area contributed by atoms with Gasteiger partial charge in [-0.3, -0.25) is 24.5 Å². The van der Waals surface area contributed by atoms with Gasteiger partial charge in [0.15, 0.2) is 0 Å². The van der Waals surface area contributed by atoms with Crippen LogP contribution in [0.4, 0.5) is 11.4 Å². The third kappa shape index (κ3) is 3.19. The number of aromatic nitrogens is 2. The standard InChI is InChI=1S/C12H11BrN4O4/c1-14-9-3-2-7(4-10(9)17(20)21)5-16-6-8(13)11(18)15-12(16)19/h2-4,6,14H,5H2,1H3,(H,15,18,19). The van der Waals surface area contributed by atoms with Crippen LogP contribution in [0, 0.1) is 10.1 Å². The average Bonchev–Trinajstić information content (AvgIpc) is 2.44. The second-order valence-electron chi connectivity index (χ2n) is 4.22. The summed E-state index contributed by atoms with van der Waals surface area (Å²) in [7, 11) is 1.59. The fraction of sp³-hybridized carbons (Fsp3) is 0.167. The second kappa shape index (κ2) is 5.92. The molecular formula is C12H11BrN4O4. The first-order valence-corrected chi connectivity index (χ1v) is 6.66. The molecule has 0 aliphatic rings. The lowest BCUT2D eigenvalue weighted by molar-refractivity contribution is -0.384. The highest BCUT2D eigenvalue weighted by Gasteiger charge is 2.14. The summed E-state index contributed by atoms with van der Waals surface area (Å²) >= 11 is 3.03. The quantitative estimate of drug-likeness (QED) is 0.635. The molecule has 0 unspecified atom stereocenters. The largest absolute Gasteiger partial charge is 0.383 e. The summed E-state index contributed by atoms with van der Waals surface area (Å²) in [6.07, 6.45) is 1.35. The van der Waals surface area contributed by atoms with Crippen molar-refractivity contribution in [3.8, 4) is 0 Å². The predicted octanol–water partition coefficient (Wildman–Crippen LogP) is 1.30. The molecule has 0 fully saturated rings. The minimum Gasteiger partial charge on any atom is -0.383 e. The molecule has 1 aromatic carbocycles. The number of nitrogens with zero attached hydrogens (tertiary/aromatic N) is 2. The molecule has 1 aromatic heterocycles. The van der Waals surface area contributed by atoms with Crippen molar-refractivity contribution in [2.75, 3.05) is 12.4 Å². The van der Waals surface area contributed by atoms with Crippen LogP contribution < -0.4 is 16.6 Å². The molecule has 21 heavy (non-hydrogen) atoms. The first kappa shape index (κ1) is 15.0. The van der Waals surface area contributed by atoms with Gasteiger partial charge in [-0.05, 0) is 27.6 Å². The summed E-state index contributed by atoms with van der Waals surface area (Å²) in [6, 6.07) is 4.63. The van der Waals surface area contributed by atoms with Gasteiger partial charge < -0.3 is 5.32 Å². The third-order valence-corrected chi connectivity index (χ3v) is 3.41. The average molecular weight is 355 g/mol. The molecule has 0 atom stereocenters. The molecule has 1 heterocycles. The Morgan fingerprint density at radius 1 is 1.43 bits per heavy atom. The van der Waals surface area contributed by atoms with Crippen molar-refractivity contribution in [1.29, 1.82) is 0 Å². The summed E-state index contributed by atoms with van der Waals surface area (Å²) in [5.41, 5.74) is -0.219. The Morgan fingerprint density at radius 2 is 2.14 bits per heavy atom. The molecule has 9 heteroatoms. The molecule has 0 spiro atoms. The molecule has 2 N–H and O–H groups in total. The van der Waals surface area contributed by atoms with Crippen molar-refractivity contribution in [1.82, 2.24) is 9.55 Å². The number of H-pyrrole nitrogens is 1. The van der Waals surface area contributed by atoms with E-state index in [9.17, 15) is 19.7 Å². The molecule has 2 aromatic rings. The molecule has 110 valence electrons. The van der Waals surface area contributed by atoms with Crippen LogP contribution in [0.3, 0.4) is 0 Å². The lowest BCUT2D eigenvalue weighted by atomic mass is 10.1. The molecule has 0 amide bonds. The Kier molecular flexibility index (Phi) is 4.22. The second-order valence-corrected chi connectivity index (χ2v) is 5.08. The number of nitro benzene ring substituents is 1. The fourth-order valence-electron chi connectivity index (χ4n) is 1.83. The van der Waals surface area contributed by atoms with E-state index in [2.05, 4.69) is 26.2 Å². The lowest BCUT2D eigenvalue weighted by Gasteiger charge is -2.07. The summed E-state index contributed by atoms with van der Waals surface area (Å²) in [5, 5.41) is 13.7. The molecule has 0 saturated heterocycles. The molecule has 0 radical (unpaired) electrons. The predicted molar refractivity (Wildman–Crippen MR) is 80.8 cm³/mol. The van der Waals surface area contributed by atoms with Crippen molar-refractivity contribution in [2.24, 2.45) is 0 Å². The number of hydrogen-bond acceptors (Lipinski definition) is 5. The van der Waals surface area contributed by atoms with Gasteiger partial charge in [-0.1, -0.05) is 6.07 Å². The van der Waals surface area contributed by atoms with Gasteiger partial charge in [0, 0.05) is 19.3 Å². The Morgan fingerprint density at radius 3 is 2.76 bits per heavy atom. The zero-order valence-corrected chi connectivity index (χ0v) is 12.5.